The van der Waals surface area contributed by atoms with Crippen LogP contribution in [-0.2, 0) is 13.2 Å². The van der Waals surface area contributed by atoms with Gasteiger partial charge in [0.2, 0.25) is 0 Å². The summed E-state index contributed by atoms with van der Waals surface area (Å²) in [6.45, 7) is 0.554. The number of hydrogen-bond donors (Lipinski definition) is 0. The summed E-state index contributed by atoms with van der Waals surface area (Å²) in [4.78, 5) is 26.6. The molecule has 8 rings (SSSR count). The van der Waals surface area contributed by atoms with E-state index >= 15 is 0 Å². The summed E-state index contributed by atoms with van der Waals surface area (Å²) in [5.74, 6) is 2.19. The van der Waals surface area contributed by atoms with Crippen LogP contribution in [0.25, 0.3) is 33.4 Å². The minimum absolute atomic E-state index is 0.277. The molecule has 0 saturated carbocycles. The second-order valence-electron chi connectivity index (χ2n) is 13.1. The highest BCUT2D eigenvalue weighted by atomic mass is 16.5. The van der Waals surface area contributed by atoms with Gasteiger partial charge in [0.1, 0.15) is 47.7 Å². The van der Waals surface area contributed by atoms with Gasteiger partial charge in [-0.15, -0.1) is 0 Å². The highest BCUT2D eigenvalue weighted by Gasteiger charge is 2.20. The van der Waals surface area contributed by atoms with E-state index in [1.165, 1.54) is 0 Å². The normalized spacial score (nSPS) is 11.7. The second kappa shape index (κ2) is 16.0. The third-order valence-electron chi connectivity index (χ3n) is 9.59. The predicted molar refractivity (Wildman–Crippen MR) is 214 cm³/mol. The van der Waals surface area contributed by atoms with E-state index in [1.54, 1.807) is 62.8 Å². The number of ether oxygens (including phenoxy) is 6. The first kappa shape index (κ1) is 35.7. The van der Waals surface area contributed by atoms with Crippen LogP contribution in [0.4, 0.5) is 0 Å². The quantitative estimate of drug-likeness (QED) is 0.112. The average Bonchev–Trinajstić information content (AvgIpc) is 3.25. The Balaban J connectivity index is 1.03. The Morgan fingerprint density at radius 1 is 0.429 bits per heavy atom. The zero-order valence-electron chi connectivity index (χ0n) is 30.7. The SMILES string of the molecule is COc1ccc(-c2ccc(C(=O)Oc3ccc4c(c3)OCc3ccccc3COc3cc(OC(=O)c5ccc(-c6ccc(OC)cc6)cc5)ccc3-4)cc2)cc1. The Labute approximate surface area is 324 Å². The first-order chi connectivity index (χ1) is 27.4. The van der Waals surface area contributed by atoms with Crippen LogP contribution < -0.4 is 28.4 Å². The van der Waals surface area contributed by atoms with Gasteiger partial charge in [-0.05, 0) is 106 Å². The second-order valence-corrected chi connectivity index (χ2v) is 13.1. The number of benzene rings is 7. The van der Waals surface area contributed by atoms with Gasteiger partial charge in [0.05, 0.1) is 25.3 Å². The van der Waals surface area contributed by atoms with E-state index in [0.29, 0.717) is 34.1 Å². The summed E-state index contributed by atoms with van der Waals surface area (Å²) in [7, 11) is 3.26. The third-order valence-corrected chi connectivity index (χ3v) is 9.59. The number of hydrogen-bond acceptors (Lipinski definition) is 8. The van der Waals surface area contributed by atoms with Crippen LogP contribution in [0.3, 0.4) is 0 Å². The molecule has 7 aromatic carbocycles. The molecule has 0 aliphatic carbocycles. The lowest BCUT2D eigenvalue weighted by Gasteiger charge is -2.21. The van der Waals surface area contributed by atoms with Gasteiger partial charge in [0.15, 0.2) is 0 Å². The van der Waals surface area contributed by atoms with E-state index in [1.807, 2.05) is 109 Å². The number of carbonyl (C=O) groups is 2. The Bertz CT molecular complexity index is 2330. The largest absolute Gasteiger partial charge is 0.497 e. The molecule has 7 aromatic rings. The first-order valence-electron chi connectivity index (χ1n) is 18.0. The molecule has 0 unspecified atom stereocenters. The molecule has 8 nitrogen and oxygen atoms in total. The molecule has 276 valence electrons. The maximum atomic E-state index is 13.3. The van der Waals surface area contributed by atoms with Crippen molar-refractivity contribution < 1.29 is 38.0 Å². The highest BCUT2D eigenvalue weighted by Crippen LogP contribution is 2.42. The van der Waals surface area contributed by atoms with E-state index in [-0.39, 0.29) is 13.2 Å². The molecule has 0 atom stereocenters. The number of esters is 2. The summed E-state index contributed by atoms with van der Waals surface area (Å²) in [6.07, 6.45) is 0. The summed E-state index contributed by atoms with van der Waals surface area (Å²) in [5.41, 5.74) is 8.08. The van der Waals surface area contributed by atoms with E-state index in [4.69, 9.17) is 28.4 Å². The lowest BCUT2D eigenvalue weighted by atomic mass is 10.0. The van der Waals surface area contributed by atoms with Crippen LogP contribution in [0.5, 0.6) is 34.5 Å². The Kier molecular flexibility index (Phi) is 10.2. The van der Waals surface area contributed by atoms with Crippen molar-refractivity contribution in [2.45, 2.75) is 13.2 Å². The van der Waals surface area contributed by atoms with Gasteiger partial charge < -0.3 is 28.4 Å². The van der Waals surface area contributed by atoms with Crippen molar-refractivity contribution in [3.63, 3.8) is 0 Å². The zero-order valence-corrected chi connectivity index (χ0v) is 30.7. The molecule has 8 heteroatoms. The minimum Gasteiger partial charge on any atom is -0.497 e. The van der Waals surface area contributed by atoms with Crippen LogP contribution in [-0.4, -0.2) is 26.2 Å². The van der Waals surface area contributed by atoms with Crippen LogP contribution in [0.1, 0.15) is 31.8 Å². The Hall–Kier alpha value is -7.32. The number of rotatable bonds is 8. The van der Waals surface area contributed by atoms with Crippen LogP contribution in [0.2, 0.25) is 0 Å². The molecule has 1 aliphatic rings. The van der Waals surface area contributed by atoms with Crippen molar-refractivity contribution in [3.8, 4) is 67.9 Å². The fraction of sp³-hybridized carbons (Fsp3) is 0.0833. The van der Waals surface area contributed by atoms with Crippen LogP contribution >= 0.6 is 0 Å². The monoisotopic (exact) mass is 740 g/mol. The van der Waals surface area contributed by atoms with E-state index in [2.05, 4.69) is 0 Å². The summed E-state index contributed by atoms with van der Waals surface area (Å²) in [5, 5.41) is 0. The predicted octanol–water partition coefficient (Wildman–Crippen LogP) is 10.6. The lowest BCUT2D eigenvalue weighted by molar-refractivity contribution is 0.0724. The summed E-state index contributed by atoms with van der Waals surface area (Å²) in [6, 6.07) is 48.3. The molecule has 0 bridgehead atoms. The molecule has 0 aromatic heterocycles. The molecular formula is C48H36O8. The van der Waals surface area contributed by atoms with Crippen molar-refractivity contribution in [2.24, 2.45) is 0 Å². The van der Waals surface area contributed by atoms with Crippen molar-refractivity contribution in [1.82, 2.24) is 0 Å². The fourth-order valence-corrected chi connectivity index (χ4v) is 6.46. The van der Waals surface area contributed by atoms with Gasteiger partial charge >= 0.3 is 11.9 Å². The van der Waals surface area contributed by atoms with Crippen molar-refractivity contribution >= 4 is 11.9 Å². The topological polar surface area (TPSA) is 89.5 Å². The van der Waals surface area contributed by atoms with Crippen molar-refractivity contribution in [2.75, 3.05) is 14.2 Å². The van der Waals surface area contributed by atoms with Gasteiger partial charge in [-0.1, -0.05) is 72.8 Å². The van der Waals surface area contributed by atoms with Gasteiger partial charge in [-0.3, -0.25) is 0 Å². The van der Waals surface area contributed by atoms with Crippen LogP contribution in [0.15, 0.2) is 158 Å². The molecule has 0 amide bonds. The molecule has 0 saturated heterocycles. The molecule has 0 radical (unpaired) electrons. The number of methoxy groups -OCH3 is 2. The highest BCUT2D eigenvalue weighted by molar-refractivity contribution is 5.93. The maximum absolute atomic E-state index is 13.3. The van der Waals surface area contributed by atoms with E-state index < -0.39 is 11.9 Å². The van der Waals surface area contributed by atoms with Gasteiger partial charge in [0.25, 0.3) is 0 Å². The standard InChI is InChI=1S/C48H36O8/c1-51-39-19-15-33(16-20-39)31-7-11-35(12-8-31)47(49)55-41-23-25-43-44-26-24-42(28-46(44)54-30-38-6-4-3-5-37(38)29-53-45(43)27-41)56-48(50)36-13-9-32(10-14-36)34-17-21-40(52-2)22-18-34/h3-28H,29-30H2,1-2H3. The molecule has 0 spiro atoms. The summed E-state index contributed by atoms with van der Waals surface area (Å²) >= 11 is 0. The molecular weight excluding hydrogens is 705 g/mol. The number of carbonyl (C=O) groups excluding carboxylic acids is 2. The van der Waals surface area contributed by atoms with Gasteiger partial charge in [-0.2, -0.15) is 0 Å². The minimum atomic E-state index is -0.498. The van der Waals surface area contributed by atoms with Crippen molar-refractivity contribution in [1.29, 1.82) is 0 Å². The zero-order chi connectivity index (χ0) is 38.4. The molecule has 1 aliphatic heterocycles. The molecule has 0 N–H and O–H groups in total. The van der Waals surface area contributed by atoms with E-state index in [9.17, 15) is 9.59 Å². The fourth-order valence-electron chi connectivity index (χ4n) is 6.46. The average molecular weight is 741 g/mol. The first-order valence-corrected chi connectivity index (χ1v) is 18.0. The lowest BCUT2D eigenvalue weighted by Crippen LogP contribution is -2.10. The smallest absolute Gasteiger partial charge is 0.343 e. The van der Waals surface area contributed by atoms with Gasteiger partial charge in [-0.25, -0.2) is 9.59 Å². The number of fused-ring (bicyclic) bond motifs is 4. The Morgan fingerprint density at radius 2 is 0.768 bits per heavy atom. The van der Waals surface area contributed by atoms with E-state index in [0.717, 1.165) is 56.0 Å². The van der Waals surface area contributed by atoms with Crippen molar-refractivity contribution in [3.05, 3.63) is 180 Å². The maximum Gasteiger partial charge on any atom is 0.343 e. The molecule has 1 heterocycles. The molecule has 56 heavy (non-hydrogen) atoms. The van der Waals surface area contributed by atoms with Crippen LogP contribution in [0, 0.1) is 0 Å². The molecule has 0 fully saturated rings. The van der Waals surface area contributed by atoms with Gasteiger partial charge in [0, 0.05) is 23.3 Å². The summed E-state index contributed by atoms with van der Waals surface area (Å²) < 4.78 is 35.0. The Morgan fingerprint density at radius 3 is 1.12 bits per heavy atom. The third kappa shape index (κ3) is 7.81.